The van der Waals surface area contributed by atoms with Gasteiger partial charge in [0, 0.05) is 17.5 Å². The van der Waals surface area contributed by atoms with E-state index in [9.17, 15) is 14.9 Å². The van der Waals surface area contributed by atoms with E-state index < -0.39 is 17.0 Å². The number of nitro groups is 1. The Morgan fingerprint density at radius 2 is 2.08 bits per heavy atom. The van der Waals surface area contributed by atoms with Crippen LogP contribution in [-0.4, -0.2) is 36.3 Å². The van der Waals surface area contributed by atoms with Gasteiger partial charge in [-0.25, -0.2) is 4.79 Å². The number of benzene rings is 1. The van der Waals surface area contributed by atoms with Gasteiger partial charge in [0.05, 0.1) is 24.2 Å². The first-order valence-corrected chi connectivity index (χ1v) is 8.74. The number of carbonyl (C=O) groups excluding carboxylic acids is 1. The summed E-state index contributed by atoms with van der Waals surface area (Å²) in [6, 6.07) is 4.00. The molecule has 0 amide bonds. The van der Waals surface area contributed by atoms with Crippen LogP contribution in [0.25, 0.3) is 0 Å². The van der Waals surface area contributed by atoms with Crippen LogP contribution in [0.3, 0.4) is 0 Å². The quantitative estimate of drug-likeness (QED) is 0.283. The third-order valence-electron chi connectivity index (χ3n) is 3.94. The highest BCUT2D eigenvalue weighted by atomic mass is 35.5. The lowest BCUT2D eigenvalue weighted by Gasteiger charge is -2.15. The van der Waals surface area contributed by atoms with Crippen LogP contribution in [-0.2, 0) is 14.3 Å². The van der Waals surface area contributed by atoms with Crippen molar-refractivity contribution in [2.45, 2.75) is 51.2 Å². The monoisotopic (exact) mass is 371 g/mol. The molecule has 8 heteroatoms. The van der Waals surface area contributed by atoms with Crippen LogP contribution in [0.4, 0.5) is 5.69 Å². The molecule has 0 heterocycles. The molecule has 1 aliphatic carbocycles. The first-order chi connectivity index (χ1) is 12.0. The van der Waals surface area contributed by atoms with Gasteiger partial charge in [-0.2, -0.15) is 0 Å². The molecule has 0 bridgehead atoms. The first-order valence-electron chi connectivity index (χ1n) is 8.36. The van der Waals surface area contributed by atoms with Gasteiger partial charge < -0.3 is 14.2 Å². The van der Waals surface area contributed by atoms with Crippen LogP contribution in [0, 0.1) is 10.1 Å². The average molecular weight is 372 g/mol. The lowest BCUT2D eigenvalue weighted by Crippen LogP contribution is -2.27. The normalized spacial score (nSPS) is 15.8. The van der Waals surface area contributed by atoms with Crippen LogP contribution in [0.5, 0.6) is 5.75 Å². The fourth-order valence-electron chi connectivity index (χ4n) is 2.63. The van der Waals surface area contributed by atoms with E-state index in [1.165, 1.54) is 38.0 Å². The van der Waals surface area contributed by atoms with Gasteiger partial charge in [0.1, 0.15) is 0 Å². The summed E-state index contributed by atoms with van der Waals surface area (Å²) in [7, 11) is 0. The summed E-state index contributed by atoms with van der Waals surface area (Å²) in [6.07, 6.45) is 4.61. The summed E-state index contributed by atoms with van der Waals surface area (Å²) in [5.74, 6) is -0.603. The topological polar surface area (TPSA) is 87.9 Å². The van der Waals surface area contributed by atoms with Gasteiger partial charge in [0.25, 0.3) is 0 Å². The lowest BCUT2D eigenvalue weighted by atomic mass is 10.3. The van der Waals surface area contributed by atoms with E-state index in [0.29, 0.717) is 19.1 Å². The van der Waals surface area contributed by atoms with Gasteiger partial charge in [-0.3, -0.25) is 10.1 Å². The summed E-state index contributed by atoms with van der Waals surface area (Å²) in [4.78, 5) is 22.3. The van der Waals surface area contributed by atoms with Crippen molar-refractivity contribution in [3.05, 3.63) is 33.3 Å². The van der Waals surface area contributed by atoms with E-state index in [0.717, 1.165) is 12.8 Å². The fourth-order valence-corrected chi connectivity index (χ4v) is 2.79. The molecule has 1 aliphatic rings. The second kappa shape index (κ2) is 9.58. The molecule has 7 nitrogen and oxygen atoms in total. The van der Waals surface area contributed by atoms with E-state index in [-0.39, 0.29) is 23.1 Å². The number of nitro benzene ring substituents is 1. The number of nitrogens with zero attached hydrogens (tertiary/aromatic N) is 1. The summed E-state index contributed by atoms with van der Waals surface area (Å²) < 4.78 is 16.2. The van der Waals surface area contributed by atoms with Crippen LogP contribution in [0.15, 0.2) is 18.2 Å². The Balaban J connectivity index is 1.73. The molecule has 0 radical (unpaired) electrons. The maximum absolute atomic E-state index is 11.9. The Hall–Kier alpha value is -1.86. The van der Waals surface area contributed by atoms with Crippen molar-refractivity contribution in [1.29, 1.82) is 0 Å². The second-order valence-electron chi connectivity index (χ2n) is 5.93. The fraction of sp³-hybridized carbons (Fsp3) is 0.588. The largest absolute Gasteiger partial charge is 0.472 e. The molecule has 1 aromatic carbocycles. The molecule has 1 fully saturated rings. The Labute approximate surface area is 151 Å². The molecule has 0 N–H and O–H groups in total. The smallest absolute Gasteiger partial charge is 0.347 e. The number of hydrogen-bond donors (Lipinski definition) is 0. The SMILES string of the molecule is C[C@@H](Oc1ccc(Cl)cc1[N+](=O)[O-])C(=O)OCCCOC1CCCC1. The van der Waals surface area contributed by atoms with Crippen molar-refractivity contribution in [2.75, 3.05) is 13.2 Å². The zero-order chi connectivity index (χ0) is 18.2. The molecular weight excluding hydrogens is 350 g/mol. The van der Waals surface area contributed by atoms with Crippen molar-refractivity contribution in [1.82, 2.24) is 0 Å². The van der Waals surface area contributed by atoms with Crippen molar-refractivity contribution in [3.63, 3.8) is 0 Å². The van der Waals surface area contributed by atoms with Crippen molar-refractivity contribution < 1.29 is 23.9 Å². The van der Waals surface area contributed by atoms with E-state index in [4.69, 9.17) is 25.8 Å². The van der Waals surface area contributed by atoms with Crippen molar-refractivity contribution in [2.24, 2.45) is 0 Å². The number of ether oxygens (including phenoxy) is 3. The average Bonchev–Trinajstić information content (AvgIpc) is 3.09. The van der Waals surface area contributed by atoms with Crippen molar-refractivity contribution in [3.8, 4) is 5.75 Å². The molecule has 1 saturated carbocycles. The molecule has 138 valence electrons. The predicted molar refractivity (Wildman–Crippen MR) is 92.0 cm³/mol. The molecule has 1 atom stereocenters. The third-order valence-corrected chi connectivity index (χ3v) is 4.18. The Morgan fingerprint density at radius 3 is 2.76 bits per heavy atom. The van der Waals surface area contributed by atoms with Gasteiger partial charge in [-0.05, 0) is 31.9 Å². The second-order valence-corrected chi connectivity index (χ2v) is 6.36. The molecular formula is C17H22ClNO6. The summed E-state index contributed by atoms with van der Waals surface area (Å²) in [5.41, 5.74) is -0.294. The summed E-state index contributed by atoms with van der Waals surface area (Å²) in [6.45, 7) is 2.26. The lowest BCUT2D eigenvalue weighted by molar-refractivity contribution is -0.386. The highest BCUT2D eigenvalue weighted by Crippen LogP contribution is 2.30. The zero-order valence-corrected chi connectivity index (χ0v) is 14.9. The molecule has 25 heavy (non-hydrogen) atoms. The highest BCUT2D eigenvalue weighted by Gasteiger charge is 2.22. The molecule has 0 saturated heterocycles. The Bertz CT molecular complexity index is 603. The molecule has 1 aromatic rings. The summed E-state index contributed by atoms with van der Waals surface area (Å²) >= 11 is 5.74. The minimum absolute atomic E-state index is 0.0246. The highest BCUT2D eigenvalue weighted by molar-refractivity contribution is 6.30. The van der Waals surface area contributed by atoms with Gasteiger partial charge >= 0.3 is 11.7 Å². The van der Waals surface area contributed by atoms with Crippen LogP contribution in [0.1, 0.15) is 39.0 Å². The van der Waals surface area contributed by atoms with E-state index in [1.807, 2.05) is 0 Å². The van der Waals surface area contributed by atoms with Gasteiger partial charge in [0.15, 0.2) is 11.9 Å². The Morgan fingerprint density at radius 1 is 1.36 bits per heavy atom. The van der Waals surface area contributed by atoms with Gasteiger partial charge in [-0.1, -0.05) is 24.4 Å². The van der Waals surface area contributed by atoms with E-state index in [2.05, 4.69) is 0 Å². The number of esters is 1. The van der Waals surface area contributed by atoms with Crippen LogP contribution in [0.2, 0.25) is 5.02 Å². The van der Waals surface area contributed by atoms with Crippen LogP contribution >= 0.6 is 11.6 Å². The molecule has 2 rings (SSSR count). The number of hydrogen-bond acceptors (Lipinski definition) is 6. The maximum atomic E-state index is 11.9. The standard InChI is InChI=1S/C17H22ClNO6/c1-12(25-16-8-7-13(18)11-15(16)19(21)22)17(20)24-10-4-9-23-14-5-2-3-6-14/h7-8,11-12,14H,2-6,9-10H2,1H3/t12-/m1/s1. The van der Waals surface area contributed by atoms with Gasteiger partial charge in [-0.15, -0.1) is 0 Å². The number of rotatable bonds is 9. The van der Waals surface area contributed by atoms with Crippen molar-refractivity contribution >= 4 is 23.3 Å². The van der Waals surface area contributed by atoms with Gasteiger partial charge in [0.2, 0.25) is 0 Å². The van der Waals surface area contributed by atoms with Crippen LogP contribution < -0.4 is 4.74 Å². The minimum atomic E-state index is -0.962. The Kier molecular flexibility index (Phi) is 7.46. The number of carbonyl (C=O) groups is 1. The maximum Gasteiger partial charge on any atom is 0.347 e. The summed E-state index contributed by atoms with van der Waals surface area (Å²) in [5, 5.41) is 11.2. The first kappa shape index (κ1) is 19.5. The van der Waals surface area contributed by atoms with E-state index in [1.54, 1.807) is 0 Å². The molecule has 0 unspecified atom stereocenters. The predicted octanol–water partition coefficient (Wildman–Crippen LogP) is 3.91. The molecule has 0 aromatic heterocycles. The van der Waals surface area contributed by atoms with E-state index >= 15 is 0 Å². The molecule has 0 aliphatic heterocycles. The molecule has 0 spiro atoms. The minimum Gasteiger partial charge on any atom is -0.472 e. The zero-order valence-electron chi connectivity index (χ0n) is 14.1. The third kappa shape index (κ3) is 6.17. The number of halogens is 1.